The fourth-order valence-corrected chi connectivity index (χ4v) is 23.8. The SMILES string of the molecule is c1ccc(-c2ccc3c(c2)c2cc4ccccc4cc2n3-c2ccc(-c3ccc4c(c3)oc3ccccc34)c3nccnc23)cc1.c1ccc(-c2ccc3c(c2)c2cc4ccccc4cc2n3-c2ccc(-c3ccc4c(c3)sc3ccccc34)c3nccnc23)cc1.c1ccc(-c2ccc3c(c2)c2cc4ccccc4cc2n3-c2ccc(-c3cccc4c3c3ccccc3n4-c3ccccc3)c3cnncc23)cc1. The Morgan fingerprint density at radius 2 is 0.569 bits per heavy atom. The molecule has 9 aromatic heterocycles. The van der Waals surface area contributed by atoms with Crippen LogP contribution in [0, 0.1) is 0 Å². The third-order valence-electron chi connectivity index (χ3n) is 29.2. The Hall–Kier alpha value is -19.1. The number of para-hydroxylation sites is 3. The molecule has 0 aliphatic carbocycles. The van der Waals surface area contributed by atoms with Gasteiger partial charge < -0.3 is 22.7 Å². The van der Waals surface area contributed by atoms with Crippen LogP contribution in [0.2, 0.25) is 0 Å². The largest absolute Gasteiger partial charge is 0.456 e. The van der Waals surface area contributed by atoms with Gasteiger partial charge in [0, 0.05) is 126 Å². The van der Waals surface area contributed by atoms with E-state index in [4.69, 9.17) is 24.4 Å². The number of benzene rings is 22. The molecule has 0 spiro atoms. The number of hydrogen-bond donors (Lipinski definition) is 0. The lowest BCUT2D eigenvalue weighted by atomic mass is 9.95. The van der Waals surface area contributed by atoms with Gasteiger partial charge in [0.2, 0.25) is 0 Å². The first kappa shape index (κ1) is 82.0. The van der Waals surface area contributed by atoms with Crippen LogP contribution in [-0.2, 0) is 0 Å². The highest BCUT2D eigenvalue weighted by atomic mass is 32.1. The number of nitrogens with zero attached hydrogens (tertiary/aromatic N) is 10. The minimum Gasteiger partial charge on any atom is -0.456 e. The maximum absolute atomic E-state index is 6.24. The first-order chi connectivity index (χ1) is 71.4. The molecule has 0 amide bonds. The molecule has 0 saturated carbocycles. The fraction of sp³-hybridized carbons (Fsp3) is 0. The molecule has 144 heavy (non-hydrogen) atoms. The average molecular weight is 1850 g/mol. The number of fused-ring (bicyclic) bond motifs is 24. The summed E-state index contributed by atoms with van der Waals surface area (Å²) >= 11 is 1.84. The Labute approximate surface area is 828 Å². The van der Waals surface area contributed by atoms with Crippen molar-refractivity contribution in [1.29, 1.82) is 0 Å². The van der Waals surface area contributed by atoms with Crippen LogP contribution < -0.4 is 0 Å². The summed E-state index contributed by atoms with van der Waals surface area (Å²) in [7, 11) is 0. The van der Waals surface area contributed by atoms with E-state index >= 15 is 0 Å². The van der Waals surface area contributed by atoms with Crippen LogP contribution in [0.5, 0.6) is 0 Å². The second-order valence-corrected chi connectivity index (χ2v) is 38.3. The minimum absolute atomic E-state index is 0.851. The number of hydrogen-bond acceptors (Lipinski definition) is 8. The Balaban J connectivity index is 0.000000103. The predicted octanol–water partition coefficient (Wildman–Crippen LogP) is 35.0. The highest BCUT2D eigenvalue weighted by Crippen LogP contribution is 2.49. The van der Waals surface area contributed by atoms with Crippen molar-refractivity contribution < 1.29 is 4.42 Å². The Morgan fingerprint density at radius 1 is 0.188 bits per heavy atom. The summed E-state index contributed by atoms with van der Waals surface area (Å²) in [5.41, 5.74) is 32.6. The molecule has 22 aromatic carbocycles. The first-order valence-electron chi connectivity index (χ1n) is 48.6. The molecule has 0 radical (unpaired) electrons. The maximum Gasteiger partial charge on any atom is 0.136 e. The van der Waals surface area contributed by atoms with Crippen molar-refractivity contribution in [3.63, 3.8) is 0 Å². The Bertz CT molecular complexity index is 10300. The van der Waals surface area contributed by atoms with Crippen molar-refractivity contribution in [2.75, 3.05) is 0 Å². The van der Waals surface area contributed by atoms with E-state index in [1.807, 2.05) is 48.1 Å². The summed E-state index contributed by atoms with van der Waals surface area (Å²) in [6.07, 6.45) is 11.0. The van der Waals surface area contributed by atoms with Crippen molar-refractivity contribution in [1.82, 2.24) is 48.4 Å². The lowest BCUT2D eigenvalue weighted by molar-refractivity contribution is 0.669. The van der Waals surface area contributed by atoms with Gasteiger partial charge in [-0.05, 0) is 246 Å². The van der Waals surface area contributed by atoms with E-state index in [2.05, 4.69) is 459 Å². The van der Waals surface area contributed by atoms with Crippen LogP contribution >= 0.6 is 11.3 Å². The highest BCUT2D eigenvalue weighted by Gasteiger charge is 2.27. The first-order valence-corrected chi connectivity index (χ1v) is 49.4. The third-order valence-corrected chi connectivity index (χ3v) is 30.4. The normalized spacial score (nSPS) is 11.9. The number of aromatic nitrogens is 10. The van der Waals surface area contributed by atoms with Crippen molar-refractivity contribution in [2.24, 2.45) is 0 Å². The monoisotopic (exact) mass is 1850 g/mol. The smallest absolute Gasteiger partial charge is 0.136 e. The predicted molar refractivity (Wildman–Crippen MR) is 601 cm³/mol. The lowest BCUT2D eigenvalue weighted by Crippen LogP contribution is -1.99. The quantitative estimate of drug-likeness (QED) is 0.134. The molecule has 0 atom stereocenters. The van der Waals surface area contributed by atoms with Crippen LogP contribution in [0.3, 0.4) is 0 Å². The highest BCUT2D eigenvalue weighted by molar-refractivity contribution is 7.25. The van der Waals surface area contributed by atoms with Crippen molar-refractivity contribution in [3.8, 4) is 89.5 Å². The molecular formula is C132H80N10OS. The van der Waals surface area contributed by atoms with E-state index < -0.39 is 0 Å². The minimum atomic E-state index is 0.851. The molecule has 670 valence electrons. The second kappa shape index (κ2) is 33.3. The molecule has 11 nitrogen and oxygen atoms in total. The molecule has 9 heterocycles. The van der Waals surface area contributed by atoms with E-state index in [1.54, 1.807) is 18.6 Å². The molecule has 12 heteroatoms. The van der Waals surface area contributed by atoms with Crippen molar-refractivity contribution in [2.45, 2.75) is 0 Å². The fourth-order valence-electron chi connectivity index (χ4n) is 22.6. The van der Waals surface area contributed by atoms with E-state index in [9.17, 15) is 0 Å². The van der Waals surface area contributed by atoms with Crippen LogP contribution in [0.15, 0.2) is 491 Å². The third kappa shape index (κ3) is 13.3. The topological polar surface area (TPSA) is 110 Å². The molecule has 0 N–H and O–H groups in total. The van der Waals surface area contributed by atoms with Crippen molar-refractivity contribution >= 4 is 206 Å². The van der Waals surface area contributed by atoms with Gasteiger partial charge in [0.1, 0.15) is 22.2 Å². The molecule has 0 bridgehead atoms. The Kier molecular flexibility index (Phi) is 19.0. The van der Waals surface area contributed by atoms with E-state index in [0.717, 1.165) is 138 Å². The average Bonchev–Trinajstić information content (AvgIpc) is 1.57. The van der Waals surface area contributed by atoms with Gasteiger partial charge in [-0.25, -0.2) is 0 Å². The summed E-state index contributed by atoms with van der Waals surface area (Å²) in [6, 6.07) is 161. The summed E-state index contributed by atoms with van der Waals surface area (Å²) in [5.74, 6) is 0. The van der Waals surface area contributed by atoms with Crippen LogP contribution in [0.25, 0.3) is 284 Å². The standard InChI is InChI=1S/C48H30N4.C42H25N3O.C42H25N3S/c1-3-12-31(13-4-1)34-22-24-44-39(27-34)40-26-32-14-7-8-15-33(32)28-47(40)52(44)45-25-23-36(41-29-49-50-30-42(41)45)37-19-11-21-46-48(37)38-18-9-10-20-43(38)51(46)35-16-5-2-6-17-35;2*1-2-8-26(9-3-1)29-15-18-36-34(23-29)35-22-27-10-4-5-11-28(27)24-38(35)45(36)37-19-17-31(41-42(37)44-21-20-43-41)30-14-16-33-32-12-6-7-13-39(32)46-40(33)25-30/h1-30H;2*1-25H. The molecule has 0 fully saturated rings. The van der Waals surface area contributed by atoms with E-state index in [-0.39, 0.29) is 0 Å². The number of furan rings is 1. The van der Waals surface area contributed by atoms with E-state index in [1.165, 1.54) is 146 Å². The maximum atomic E-state index is 6.24. The zero-order valence-corrected chi connectivity index (χ0v) is 78.3. The molecule has 31 aromatic rings. The molecule has 0 saturated heterocycles. The van der Waals surface area contributed by atoms with Gasteiger partial charge in [-0.2, -0.15) is 10.2 Å². The zero-order chi connectivity index (χ0) is 94.6. The van der Waals surface area contributed by atoms with Crippen LogP contribution in [0.1, 0.15) is 0 Å². The van der Waals surface area contributed by atoms with Gasteiger partial charge in [0.05, 0.1) is 84.6 Å². The number of rotatable bonds is 10. The van der Waals surface area contributed by atoms with Gasteiger partial charge in [-0.15, -0.1) is 11.3 Å². The van der Waals surface area contributed by atoms with Gasteiger partial charge in [-0.1, -0.05) is 291 Å². The van der Waals surface area contributed by atoms with Gasteiger partial charge >= 0.3 is 0 Å². The van der Waals surface area contributed by atoms with Gasteiger partial charge in [0.15, 0.2) is 0 Å². The van der Waals surface area contributed by atoms with Crippen LogP contribution in [-0.4, -0.2) is 48.4 Å². The van der Waals surface area contributed by atoms with Crippen LogP contribution in [0.4, 0.5) is 0 Å². The molecule has 0 unspecified atom stereocenters. The summed E-state index contributed by atoms with van der Waals surface area (Å²) in [6.45, 7) is 0. The lowest BCUT2D eigenvalue weighted by Gasteiger charge is -2.15. The summed E-state index contributed by atoms with van der Waals surface area (Å²) in [4.78, 5) is 19.8. The van der Waals surface area contributed by atoms with Crippen molar-refractivity contribution in [3.05, 3.63) is 486 Å². The zero-order valence-electron chi connectivity index (χ0n) is 77.5. The van der Waals surface area contributed by atoms with E-state index in [0.29, 0.717) is 0 Å². The molecule has 0 aliphatic rings. The summed E-state index contributed by atoms with van der Waals surface area (Å²) in [5, 5.41) is 33.0. The number of thiophene rings is 1. The Morgan fingerprint density at radius 3 is 1.10 bits per heavy atom. The second-order valence-electron chi connectivity index (χ2n) is 37.2. The van der Waals surface area contributed by atoms with Gasteiger partial charge in [0.25, 0.3) is 0 Å². The van der Waals surface area contributed by atoms with Gasteiger partial charge in [-0.3, -0.25) is 19.9 Å². The summed E-state index contributed by atoms with van der Waals surface area (Å²) < 4.78 is 18.4. The molecule has 31 rings (SSSR count). The molecular weight excluding hydrogens is 1770 g/mol. The molecule has 0 aliphatic heterocycles.